The van der Waals surface area contributed by atoms with Gasteiger partial charge in [0.15, 0.2) is 0 Å². The Balaban J connectivity index is 2.10. The Morgan fingerprint density at radius 2 is 1.78 bits per heavy atom. The second-order valence-electron chi connectivity index (χ2n) is 4.88. The van der Waals surface area contributed by atoms with Gasteiger partial charge in [0.2, 0.25) is 0 Å². The highest BCUT2D eigenvalue weighted by molar-refractivity contribution is 5.48. The molecule has 0 heterocycles. The number of alkyl halides is 3. The number of hydrogen-bond donors (Lipinski definition) is 1. The van der Waals surface area contributed by atoms with Crippen molar-refractivity contribution in [3.63, 3.8) is 0 Å². The second-order valence-corrected chi connectivity index (χ2v) is 4.88. The molecule has 1 saturated carbocycles. The van der Waals surface area contributed by atoms with Crippen molar-refractivity contribution in [3.05, 3.63) is 29.8 Å². The second kappa shape index (κ2) is 4.80. The summed E-state index contributed by atoms with van der Waals surface area (Å²) in [7, 11) is 1.91. The zero-order chi connectivity index (χ0) is 13.3. The quantitative estimate of drug-likeness (QED) is 0.883. The standard InChI is InChI=1S/C13H17F3N2/c1-18(12-7-4-10(17)8-12)11-5-2-9(3-6-11)13(14,15)16/h2-3,5-6,10,12H,4,7-8,17H2,1H3/t10-,12+/m0/s1. The molecule has 5 heteroatoms. The van der Waals surface area contributed by atoms with E-state index in [-0.39, 0.29) is 6.04 Å². The topological polar surface area (TPSA) is 29.3 Å². The van der Waals surface area contributed by atoms with Crippen LogP contribution in [0, 0.1) is 0 Å². The molecule has 0 spiro atoms. The van der Waals surface area contributed by atoms with Crippen molar-refractivity contribution < 1.29 is 13.2 Å². The fraction of sp³-hybridized carbons (Fsp3) is 0.538. The zero-order valence-electron chi connectivity index (χ0n) is 10.2. The molecule has 1 aliphatic carbocycles. The van der Waals surface area contributed by atoms with Gasteiger partial charge in [-0.3, -0.25) is 0 Å². The van der Waals surface area contributed by atoms with Crippen LogP contribution in [0.2, 0.25) is 0 Å². The number of rotatable bonds is 2. The lowest BCUT2D eigenvalue weighted by molar-refractivity contribution is -0.137. The predicted octanol–water partition coefficient (Wildman–Crippen LogP) is 3.02. The summed E-state index contributed by atoms with van der Waals surface area (Å²) in [6, 6.07) is 5.84. The van der Waals surface area contributed by atoms with Gasteiger partial charge in [-0.15, -0.1) is 0 Å². The van der Waals surface area contributed by atoms with Gasteiger partial charge in [-0.25, -0.2) is 0 Å². The summed E-state index contributed by atoms with van der Waals surface area (Å²) >= 11 is 0. The van der Waals surface area contributed by atoms with Crippen LogP contribution in [-0.4, -0.2) is 19.1 Å². The number of anilines is 1. The minimum atomic E-state index is -4.27. The van der Waals surface area contributed by atoms with E-state index in [0.717, 1.165) is 37.1 Å². The monoisotopic (exact) mass is 258 g/mol. The summed E-state index contributed by atoms with van der Waals surface area (Å²) in [5.41, 5.74) is 6.05. The smallest absolute Gasteiger partial charge is 0.372 e. The van der Waals surface area contributed by atoms with Crippen LogP contribution in [0.5, 0.6) is 0 Å². The molecule has 0 aromatic heterocycles. The summed E-state index contributed by atoms with van der Waals surface area (Å²) in [6.07, 6.45) is -1.39. The van der Waals surface area contributed by atoms with Crippen LogP contribution in [0.15, 0.2) is 24.3 Å². The third-order valence-electron chi connectivity index (χ3n) is 3.60. The van der Waals surface area contributed by atoms with Crippen molar-refractivity contribution in [2.75, 3.05) is 11.9 Å². The molecular formula is C13H17F3N2. The van der Waals surface area contributed by atoms with Crippen molar-refractivity contribution in [1.29, 1.82) is 0 Å². The maximum absolute atomic E-state index is 12.4. The van der Waals surface area contributed by atoms with Crippen molar-refractivity contribution in [2.45, 2.75) is 37.5 Å². The third kappa shape index (κ3) is 2.77. The van der Waals surface area contributed by atoms with Crippen molar-refractivity contribution in [2.24, 2.45) is 5.73 Å². The fourth-order valence-corrected chi connectivity index (χ4v) is 2.44. The molecule has 2 atom stereocenters. The summed E-state index contributed by atoms with van der Waals surface area (Å²) in [6.45, 7) is 0. The summed E-state index contributed by atoms with van der Waals surface area (Å²) in [5, 5.41) is 0. The van der Waals surface area contributed by atoms with E-state index in [0.29, 0.717) is 6.04 Å². The van der Waals surface area contributed by atoms with E-state index < -0.39 is 11.7 Å². The van der Waals surface area contributed by atoms with E-state index in [4.69, 9.17) is 5.73 Å². The lowest BCUT2D eigenvalue weighted by atomic mass is 10.1. The van der Waals surface area contributed by atoms with Gasteiger partial charge in [0.05, 0.1) is 5.56 Å². The Labute approximate surface area is 105 Å². The van der Waals surface area contributed by atoms with Crippen LogP contribution in [0.3, 0.4) is 0 Å². The minimum absolute atomic E-state index is 0.215. The fourth-order valence-electron chi connectivity index (χ4n) is 2.44. The highest BCUT2D eigenvalue weighted by atomic mass is 19.4. The molecule has 0 bridgehead atoms. The van der Waals surface area contributed by atoms with Gasteiger partial charge in [-0.2, -0.15) is 13.2 Å². The van der Waals surface area contributed by atoms with Crippen LogP contribution in [0.1, 0.15) is 24.8 Å². The molecule has 1 fully saturated rings. The van der Waals surface area contributed by atoms with E-state index in [1.807, 2.05) is 11.9 Å². The molecule has 18 heavy (non-hydrogen) atoms. The summed E-state index contributed by atoms with van der Waals surface area (Å²) in [5.74, 6) is 0. The van der Waals surface area contributed by atoms with Gasteiger partial charge in [-0.1, -0.05) is 0 Å². The molecule has 1 aromatic carbocycles. The minimum Gasteiger partial charge on any atom is -0.372 e. The lowest BCUT2D eigenvalue weighted by Gasteiger charge is -2.27. The third-order valence-corrected chi connectivity index (χ3v) is 3.60. The van der Waals surface area contributed by atoms with E-state index >= 15 is 0 Å². The molecular weight excluding hydrogens is 241 g/mol. The molecule has 2 nitrogen and oxygen atoms in total. The van der Waals surface area contributed by atoms with Crippen molar-refractivity contribution in [3.8, 4) is 0 Å². The van der Waals surface area contributed by atoms with E-state index in [9.17, 15) is 13.2 Å². The average molecular weight is 258 g/mol. The molecule has 0 radical (unpaired) electrons. The number of halogens is 3. The molecule has 0 unspecified atom stereocenters. The van der Waals surface area contributed by atoms with E-state index in [2.05, 4.69) is 0 Å². The SMILES string of the molecule is CN(c1ccc(C(F)(F)F)cc1)[C@@H]1CC[C@H](N)C1. The molecule has 2 N–H and O–H groups in total. The van der Waals surface area contributed by atoms with Gasteiger partial charge >= 0.3 is 6.18 Å². The Morgan fingerprint density at radius 3 is 2.22 bits per heavy atom. The predicted molar refractivity (Wildman–Crippen MR) is 65.5 cm³/mol. The molecule has 1 aliphatic rings. The van der Waals surface area contributed by atoms with Gasteiger partial charge in [-0.05, 0) is 43.5 Å². The first-order chi connectivity index (χ1) is 8.38. The number of nitrogens with zero attached hydrogens (tertiary/aromatic N) is 1. The molecule has 100 valence electrons. The Hall–Kier alpha value is -1.23. The number of benzene rings is 1. The molecule has 0 saturated heterocycles. The average Bonchev–Trinajstić information content (AvgIpc) is 2.74. The van der Waals surface area contributed by atoms with Crippen molar-refractivity contribution >= 4 is 5.69 Å². The highest BCUT2D eigenvalue weighted by Gasteiger charge is 2.30. The first kappa shape index (κ1) is 13.2. The maximum Gasteiger partial charge on any atom is 0.416 e. The van der Waals surface area contributed by atoms with Crippen molar-refractivity contribution in [1.82, 2.24) is 0 Å². The van der Waals surface area contributed by atoms with Crippen LogP contribution in [-0.2, 0) is 6.18 Å². The summed E-state index contributed by atoms with van der Waals surface area (Å²) < 4.78 is 37.3. The number of nitrogens with two attached hydrogens (primary N) is 1. The van der Waals surface area contributed by atoms with Crippen LogP contribution >= 0.6 is 0 Å². The summed E-state index contributed by atoms with van der Waals surface area (Å²) in [4.78, 5) is 2.02. The first-order valence-electron chi connectivity index (χ1n) is 6.03. The van der Waals surface area contributed by atoms with Crippen LogP contribution < -0.4 is 10.6 Å². The van der Waals surface area contributed by atoms with Crippen LogP contribution in [0.4, 0.5) is 18.9 Å². The molecule has 1 aromatic rings. The Morgan fingerprint density at radius 1 is 1.17 bits per heavy atom. The number of hydrogen-bond acceptors (Lipinski definition) is 2. The maximum atomic E-state index is 12.4. The van der Waals surface area contributed by atoms with E-state index in [1.165, 1.54) is 12.1 Å². The molecule has 2 rings (SSSR count). The van der Waals surface area contributed by atoms with E-state index in [1.54, 1.807) is 0 Å². The highest BCUT2D eigenvalue weighted by Crippen LogP contribution is 2.32. The lowest BCUT2D eigenvalue weighted by Crippen LogP contribution is -2.30. The van der Waals surface area contributed by atoms with Crippen LogP contribution in [0.25, 0.3) is 0 Å². The van der Waals surface area contributed by atoms with Gasteiger partial charge in [0, 0.05) is 24.8 Å². The normalized spacial score (nSPS) is 24.3. The molecule has 0 aliphatic heterocycles. The first-order valence-corrected chi connectivity index (χ1v) is 6.03. The Bertz CT molecular complexity index is 400. The Kier molecular flexibility index (Phi) is 3.52. The zero-order valence-corrected chi connectivity index (χ0v) is 10.2. The van der Waals surface area contributed by atoms with Gasteiger partial charge < -0.3 is 10.6 Å². The molecule has 0 amide bonds. The largest absolute Gasteiger partial charge is 0.416 e. The van der Waals surface area contributed by atoms with Gasteiger partial charge in [0.25, 0.3) is 0 Å². The van der Waals surface area contributed by atoms with Gasteiger partial charge in [0.1, 0.15) is 0 Å².